The van der Waals surface area contributed by atoms with E-state index in [0.717, 1.165) is 22.3 Å². The zero-order chi connectivity index (χ0) is 16.9. The maximum atomic E-state index is 12.9. The van der Waals surface area contributed by atoms with Crippen LogP contribution < -0.4 is 4.74 Å². The van der Waals surface area contributed by atoms with Gasteiger partial charge in [-0.3, -0.25) is 4.79 Å². The van der Waals surface area contributed by atoms with E-state index in [1.807, 2.05) is 86.6 Å². The first-order valence-electron chi connectivity index (χ1n) is 8.03. The molecule has 2 heteroatoms. The molecule has 0 spiro atoms. The molecule has 0 aliphatic rings. The molecule has 0 unspecified atom stereocenters. The molecule has 2 nitrogen and oxygen atoms in total. The lowest BCUT2D eigenvalue weighted by Crippen LogP contribution is -2.20. The van der Waals surface area contributed by atoms with Crippen LogP contribution in [0, 0.1) is 13.8 Å². The third-order valence-electron chi connectivity index (χ3n) is 3.92. The van der Waals surface area contributed by atoms with Crippen molar-refractivity contribution in [3.05, 3.63) is 101 Å². The molecule has 0 aliphatic carbocycles. The fraction of sp³-hybridized carbons (Fsp3) is 0.136. The molecule has 120 valence electrons. The Labute approximate surface area is 142 Å². The van der Waals surface area contributed by atoms with E-state index >= 15 is 0 Å². The van der Waals surface area contributed by atoms with Crippen molar-refractivity contribution < 1.29 is 9.53 Å². The second-order valence-electron chi connectivity index (χ2n) is 6.00. The first-order valence-corrected chi connectivity index (χ1v) is 8.03. The van der Waals surface area contributed by atoms with E-state index < -0.39 is 5.92 Å². The maximum Gasteiger partial charge on any atom is 0.323 e. The molecule has 3 aromatic carbocycles. The average Bonchev–Trinajstić information content (AvgIpc) is 2.56. The van der Waals surface area contributed by atoms with Crippen LogP contribution in [-0.4, -0.2) is 5.97 Å². The van der Waals surface area contributed by atoms with Gasteiger partial charge in [0.15, 0.2) is 0 Å². The molecule has 0 N–H and O–H groups in total. The van der Waals surface area contributed by atoms with Crippen LogP contribution in [0.4, 0.5) is 0 Å². The van der Waals surface area contributed by atoms with Gasteiger partial charge in [0.1, 0.15) is 11.7 Å². The Morgan fingerprint density at radius 1 is 0.750 bits per heavy atom. The Bertz CT molecular complexity index is 763. The highest BCUT2D eigenvalue weighted by Gasteiger charge is 2.24. The molecule has 0 saturated carbocycles. The molecule has 24 heavy (non-hydrogen) atoms. The van der Waals surface area contributed by atoms with Gasteiger partial charge in [-0.05, 0) is 48.2 Å². The summed E-state index contributed by atoms with van der Waals surface area (Å²) in [6.07, 6.45) is 0. The van der Waals surface area contributed by atoms with Crippen molar-refractivity contribution in [2.24, 2.45) is 0 Å². The summed E-state index contributed by atoms with van der Waals surface area (Å²) in [4.78, 5) is 12.9. The smallest absolute Gasteiger partial charge is 0.323 e. The molecule has 3 aromatic rings. The van der Waals surface area contributed by atoms with Crippen LogP contribution >= 0.6 is 0 Å². The third kappa shape index (κ3) is 3.72. The first-order chi connectivity index (χ1) is 11.6. The summed E-state index contributed by atoms with van der Waals surface area (Å²) < 4.78 is 5.71. The molecule has 0 saturated heterocycles. The first kappa shape index (κ1) is 16.0. The SMILES string of the molecule is Cc1cc(C)cc(OC(=O)C(c2ccccc2)c2ccccc2)c1. The number of hydrogen-bond donors (Lipinski definition) is 0. The summed E-state index contributed by atoms with van der Waals surface area (Å²) in [6, 6.07) is 25.3. The second-order valence-corrected chi connectivity index (χ2v) is 6.00. The largest absolute Gasteiger partial charge is 0.426 e. The Morgan fingerprint density at radius 2 is 1.21 bits per heavy atom. The van der Waals surface area contributed by atoms with Crippen LogP contribution in [0.2, 0.25) is 0 Å². The Hall–Kier alpha value is -2.87. The van der Waals surface area contributed by atoms with E-state index in [4.69, 9.17) is 4.74 Å². The predicted molar refractivity (Wildman–Crippen MR) is 96.3 cm³/mol. The fourth-order valence-electron chi connectivity index (χ4n) is 2.92. The van der Waals surface area contributed by atoms with Crippen molar-refractivity contribution in [1.29, 1.82) is 0 Å². The number of carbonyl (C=O) groups is 1. The summed E-state index contributed by atoms with van der Waals surface area (Å²) in [5.74, 6) is -0.111. The second kappa shape index (κ2) is 7.14. The quantitative estimate of drug-likeness (QED) is 0.498. The van der Waals surface area contributed by atoms with Crippen LogP contribution in [-0.2, 0) is 4.79 Å². The highest BCUT2D eigenvalue weighted by Crippen LogP contribution is 2.27. The third-order valence-corrected chi connectivity index (χ3v) is 3.92. The molecular weight excluding hydrogens is 296 g/mol. The van der Waals surface area contributed by atoms with E-state index in [9.17, 15) is 4.79 Å². The minimum Gasteiger partial charge on any atom is -0.426 e. The highest BCUT2D eigenvalue weighted by atomic mass is 16.5. The van der Waals surface area contributed by atoms with Crippen LogP contribution in [0.1, 0.15) is 28.2 Å². The molecule has 0 heterocycles. The van der Waals surface area contributed by atoms with Gasteiger partial charge < -0.3 is 4.74 Å². The number of carbonyl (C=O) groups excluding carboxylic acids is 1. The molecule has 0 bridgehead atoms. The maximum absolute atomic E-state index is 12.9. The standard InChI is InChI=1S/C22H20O2/c1-16-13-17(2)15-20(14-16)24-22(23)21(18-9-5-3-6-10-18)19-11-7-4-8-12-19/h3-15,21H,1-2H3. The van der Waals surface area contributed by atoms with Crippen LogP contribution in [0.5, 0.6) is 5.75 Å². The Kier molecular flexibility index (Phi) is 4.76. The molecular formula is C22H20O2. The normalized spacial score (nSPS) is 10.6. The van der Waals surface area contributed by atoms with Crippen molar-refractivity contribution in [3.63, 3.8) is 0 Å². The van der Waals surface area contributed by atoms with Crippen molar-refractivity contribution >= 4 is 5.97 Å². The molecule has 0 radical (unpaired) electrons. The monoisotopic (exact) mass is 316 g/mol. The van der Waals surface area contributed by atoms with Gasteiger partial charge in [-0.1, -0.05) is 66.7 Å². The van der Waals surface area contributed by atoms with Gasteiger partial charge in [0.25, 0.3) is 0 Å². The van der Waals surface area contributed by atoms with Crippen molar-refractivity contribution in [2.75, 3.05) is 0 Å². The van der Waals surface area contributed by atoms with E-state index in [-0.39, 0.29) is 5.97 Å². The van der Waals surface area contributed by atoms with Crippen molar-refractivity contribution in [1.82, 2.24) is 0 Å². The fourth-order valence-corrected chi connectivity index (χ4v) is 2.92. The summed E-state index contributed by atoms with van der Waals surface area (Å²) in [6.45, 7) is 3.99. The Balaban J connectivity index is 1.95. The average molecular weight is 316 g/mol. The van der Waals surface area contributed by atoms with Crippen molar-refractivity contribution in [3.8, 4) is 5.75 Å². The van der Waals surface area contributed by atoms with Gasteiger partial charge in [-0.2, -0.15) is 0 Å². The van der Waals surface area contributed by atoms with Crippen LogP contribution in [0.3, 0.4) is 0 Å². The topological polar surface area (TPSA) is 26.3 Å². The number of rotatable bonds is 4. The van der Waals surface area contributed by atoms with E-state index in [1.165, 1.54) is 0 Å². The number of benzene rings is 3. The zero-order valence-electron chi connectivity index (χ0n) is 13.9. The molecule has 0 aliphatic heterocycles. The highest BCUT2D eigenvalue weighted by molar-refractivity contribution is 5.84. The van der Waals surface area contributed by atoms with E-state index in [2.05, 4.69) is 6.07 Å². The zero-order valence-corrected chi connectivity index (χ0v) is 13.9. The van der Waals surface area contributed by atoms with E-state index in [1.54, 1.807) is 0 Å². The Morgan fingerprint density at radius 3 is 1.67 bits per heavy atom. The molecule has 0 aromatic heterocycles. The van der Waals surface area contributed by atoms with Crippen molar-refractivity contribution in [2.45, 2.75) is 19.8 Å². The van der Waals surface area contributed by atoms with Gasteiger partial charge in [0.2, 0.25) is 0 Å². The lowest BCUT2D eigenvalue weighted by atomic mass is 9.91. The number of esters is 1. The van der Waals surface area contributed by atoms with Crippen LogP contribution in [0.25, 0.3) is 0 Å². The molecule has 0 amide bonds. The van der Waals surface area contributed by atoms with Gasteiger partial charge in [0, 0.05) is 0 Å². The van der Waals surface area contributed by atoms with Gasteiger partial charge in [0.05, 0.1) is 0 Å². The van der Waals surface area contributed by atoms with Crippen LogP contribution in [0.15, 0.2) is 78.9 Å². The number of ether oxygens (including phenoxy) is 1. The van der Waals surface area contributed by atoms with Gasteiger partial charge in [-0.25, -0.2) is 0 Å². The number of hydrogen-bond acceptors (Lipinski definition) is 2. The molecule has 3 rings (SSSR count). The summed E-state index contributed by atoms with van der Waals surface area (Å²) in [5, 5.41) is 0. The van der Waals surface area contributed by atoms with Gasteiger partial charge >= 0.3 is 5.97 Å². The summed E-state index contributed by atoms with van der Waals surface area (Å²) in [5.41, 5.74) is 4.01. The van der Waals surface area contributed by atoms with Gasteiger partial charge in [-0.15, -0.1) is 0 Å². The van der Waals surface area contributed by atoms with E-state index in [0.29, 0.717) is 5.75 Å². The number of aryl methyl sites for hydroxylation is 2. The molecule has 0 atom stereocenters. The molecule has 0 fully saturated rings. The summed E-state index contributed by atoms with van der Waals surface area (Å²) in [7, 11) is 0. The predicted octanol–water partition coefficient (Wildman–Crippen LogP) is 5.04. The summed E-state index contributed by atoms with van der Waals surface area (Å²) >= 11 is 0. The lowest BCUT2D eigenvalue weighted by molar-refractivity contribution is -0.135. The lowest BCUT2D eigenvalue weighted by Gasteiger charge is -2.17. The minimum absolute atomic E-state index is 0.266. The minimum atomic E-state index is -0.437.